The largest absolute Gasteiger partial charge is 0.461 e. The molecule has 14 nitrogen and oxygen atoms in total. The number of amides is 1. The quantitative estimate of drug-likeness (QED) is 0.221. The van der Waals surface area contributed by atoms with Crippen molar-refractivity contribution in [2.75, 3.05) is 56.2 Å². The van der Waals surface area contributed by atoms with Gasteiger partial charge in [-0.1, -0.05) is 0 Å². The molecular formula is C37H43F2N9O5S. The van der Waals surface area contributed by atoms with Crippen LogP contribution in [-0.4, -0.2) is 109 Å². The van der Waals surface area contributed by atoms with Gasteiger partial charge in [-0.2, -0.15) is 20.3 Å². The number of thiophene rings is 1. The fraction of sp³-hybridized carbons (Fsp3) is 0.541. The van der Waals surface area contributed by atoms with E-state index in [0.29, 0.717) is 70.6 Å². The molecule has 5 aromatic rings. The smallest absolute Gasteiger partial charge is 0.412 e. The summed E-state index contributed by atoms with van der Waals surface area (Å²) in [5.41, 5.74) is 0.494. The molecule has 1 amide bonds. The molecule has 0 radical (unpaired) electrons. The third-order valence-electron chi connectivity index (χ3n) is 10.5. The lowest BCUT2D eigenvalue weighted by molar-refractivity contribution is -0.0123. The first-order valence-electron chi connectivity index (χ1n) is 18.0. The lowest BCUT2D eigenvalue weighted by atomic mass is 9.95. The summed E-state index contributed by atoms with van der Waals surface area (Å²) in [6.07, 6.45) is 0.511. The van der Waals surface area contributed by atoms with Crippen molar-refractivity contribution in [2.24, 2.45) is 14.1 Å². The summed E-state index contributed by atoms with van der Waals surface area (Å²) in [5.74, 6) is -0.0529. The van der Waals surface area contributed by atoms with Gasteiger partial charge < -0.3 is 28.8 Å². The van der Waals surface area contributed by atoms with Gasteiger partial charge in [-0.15, -0.1) is 11.3 Å². The average Bonchev–Trinajstić information content (AvgIpc) is 3.84. The highest BCUT2D eigenvalue weighted by molar-refractivity contribution is 7.23. The highest BCUT2D eigenvalue weighted by Crippen LogP contribution is 2.46. The van der Waals surface area contributed by atoms with E-state index in [4.69, 9.17) is 29.3 Å². The van der Waals surface area contributed by atoms with Gasteiger partial charge in [-0.25, -0.2) is 13.6 Å². The molecule has 54 heavy (non-hydrogen) atoms. The summed E-state index contributed by atoms with van der Waals surface area (Å²) < 4.78 is 51.5. The van der Waals surface area contributed by atoms with Crippen molar-refractivity contribution in [3.05, 3.63) is 23.5 Å². The van der Waals surface area contributed by atoms with Crippen LogP contribution in [0.2, 0.25) is 0 Å². The fourth-order valence-electron chi connectivity index (χ4n) is 8.36. The number of alkyl halides is 1. The van der Waals surface area contributed by atoms with Crippen molar-refractivity contribution < 1.29 is 32.9 Å². The lowest BCUT2D eigenvalue weighted by Gasteiger charge is -2.31. The van der Waals surface area contributed by atoms with E-state index in [1.807, 2.05) is 16.5 Å². The zero-order valence-corrected chi connectivity index (χ0v) is 31.9. The van der Waals surface area contributed by atoms with E-state index in [-0.39, 0.29) is 41.0 Å². The Balaban J connectivity index is 1.30. The maximum absolute atomic E-state index is 15.5. The molecular weight excluding hydrogens is 721 g/mol. The number of hydrogen-bond donors (Lipinski definition) is 2. The molecule has 3 aliphatic heterocycles. The maximum atomic E-state index is 15.5. The minimum atomic E-state index is -1.18. The number of ether oxygens (including phenoxy) is 3. The van der Waals surface area contributed by atoms with Gasteiger partial charge in [0.05, 0.1) is 52.2 Å². The lowest BCUT2D eigenvalue weighted by Crippen LogP contribution is -2.44. The van der Waals surface area contributed by atoms with Gasteiger partial charge in [0.1, 0.15) is 52.2 Å². The summed E-state index contributed by atoms with van der Waals surface area (Å²) in [6.45, 7) is 9.46. The molecule has 0 saturated carbocycles. The van der Waals surface area contributed by atoms with Crippen molar-refractivity contribution in [3.8, 4) is 23.3 Å². The minimum Gasteiger partial charge on any atom is -0.461 e. The zero-order chi connectivity index (χ0) is 38.3. The Morgan fingerprint density at radius 2 is 2.04 bits per heavy atom. The Morgan fingerprint density at radius 1 is 1.24 bits per heavy atom. The number of β-amino-alcohol motifs (C(OH)–C–C–N with tert-alkyl or cyclic N) is 1. The van der Waals surface area contributed by atoms with Crippen LogP contribution in [0.4, 0.5) is 24.4 Å². The standard InChI is InChI=1S/C37H43F2N9O5S/c1-35(2,3)53-34(49)43-32-22(15-40)24-21(8-9-23(39)29(24)54-32)27-28-26(44-46(27)6)25-30(45(28)5)41-33(42-31(25)47-12-13-51-18-36(4,50)17-47)52-19-37-10-7-11-48(37)16-20(38)14-37/h8-9,20,50H,7,10-14,16-19H2,1-6H3,(H,43,49)/t20-,36+,37+/m1/s1. The van der Waals surface area contributed by atoms with Crippen molar-refractivity contribution >= 4 is 60.4 Å². The van der Waals surface area contributed by atoms with Crippen molar-refractivity contribution in [1.82, 2.24) is 29.2 Å². The Labute approximate surface area is 314 Å². The van der Waals surface area contributed by atoms with Crippen molar-refractivity contribution in [3.63, 3.8) is 0 Å². The second-order valence-corrected chi connectivity index (χ2v) is 17.0. The molecule has 3 atom stereocenters. The molecule has 0 unspecified atom stereocenters. The van der Waals surface area contributed by atoms with E-state index in [1.165, 1.54) is 6.07 Å². The summed E-state index contributed by atoms with van der Waals surface area (Å²) >= 11 is 0.954. The van der Waals surface area contributed by atoms with Crippen LogP contribution in [0, 0.1) is 17.1 Å². The zero-order valence-electron chi connectivity index (χ0n) is 31.1. The number of nitriles is 1. The molecule has 3 fully saturated rings. The number of hydrogen-bond acceptors (Lipinski definition) is 12. The number of aliphatic hydroxyl groups is 1. The molecule has 4 aromatic heterocycles. The Bertz CT molecular complexity index is 2360. The van der Waals surface area contributed by atoms with Gasteiger partial charge >= 0.3 is 12.1 Å². The topological polar surface area (TPSA) is 156 Å². The molecule has 0 aliphatic carbocycles. The second-order valence-electron chi connectivity index (χ2n) is 15.9. The number of nitrogens with one attached hydrogen (secondary N) is 1. The van der Waals surface area contributed by atoms with Gasteiger partial charge in [0.25, 0.3) is 0 Å². The van der Waals surface area contributed by atoms with Crippen LogP contribution in [-0.2, 0) is 23.6 Å². The van der Waals surface area contributed by atoms with Gasteiger partial charge in [0, 0.05) is 44.6 Å². The molecule has 0 spiro atoms. The molecule has 2 N–H and O–H groups in total. The Morgan fingerprint density at radius 3 is 2.80 bits per heavy atom. The average molecular weight is 764 g/mol. The number of nitrogens with zero attached hydrogens (tertiary/aromatic N) is 8. The number of halogens is 2. The third-order valence-corrected chi connectivity index (χ3v) is 11.6. The van der Waals surface area contributed by atoms with Gasteiger partial charge in [0.15, 0.2) is 5.65 Å². The third kappa shape index (κ3) is 6.18. The van der Waals surface area contributed by atoms with Gasteiger partial charge in [-0.05, 0) is 59.2 Å². The summed E-state index contributed by atoms with van der Waals surface area (Å²) in [4.78, 5) is 26.7. The normalized spacial score (nSPS) is 23.6. The molecule has 8 rings (SSSR count). The monoisotopic (exact) mass is 763 g/mol. The predicted molar refractivity (Wildman–Crippen MR) is 200 cm³/mol. The number of aryl methyl sites for hydroxylation is 2. The molecule has 0 bridgehead atoms. The van der Waals surface area contributed by atoms with Gasteiger partial charge in [-0.3, -0.25) is 14.9 Å². The SMILES string of the molecule is Cn1nc2c3c(N4CCOC[C@@](C)(O)C4)nc(OC[C@@]45CCCN4C[C@H](F)C5)nc3n(C)c2c1-c1ccc(F)c2sc(NC(=O)OC(C)(C)C)c(C#N)c12. The van der Waals surface area contributed by atoms with E-state index in [1.54, 1.807) is 45.5 Å². The Hall–Kier alpha value is -4.63. The number of fused-ring (bicyclic) bond motifs is 5. The van der Waals surface area contributed by atoms with Crippen molar-refractivity contribution in [2.45, 2.75) is 69.9 Å². The first-order valence-corrected chi connectivity index (χ1v) is 18.9. The van der Waals surface area contributed by atoms with Crippen LogP contribution in [0.1, 0.15) is 52.5 Å². The van der Waals surface area contributed by atoms with Crippen molar-refractivity contribution in [1.29, 1.82) is 5.26 Å². The molecule has 17 heteroatoms. The number of benzene rings is 1. The summed E-state index contributed by atoms with van der Waals surface area (Å²) in [6, 6.07) is 5.24. The van der Waals surface area contributed by atoms with E-state index in [9.17, 15) is 19.6 Å². The molecule has 1 aromatic carbocycles. The highest BCUT2D eigenvalue weighted by Gasteiger charge is 2.49. The first kappa shape index (κ1) is 36.4. The van der Waals surface area contributed by atoms with Crippen LogP contribution in [0.25, 0.3) is 43.4 Å². The maximum Gasteiger partial charge on any atom is 0.412 e. The molecule has 3 saturated heterocycles. The van der Waals surface area contributed by atoms with E-state index < -0.39 is 34.8 Å². The highest BCUT2D eigenvalue weighted by atomic mass is 32.1. The summed E-state index contributed by atoms with van der Waals surface area (Å²) in [7, 11) is 3.61. The summed E-state index contributed by atoms with van der Waals surface area (Å²) in [5, 5.41) is 30.3. The number of anilines is 2. The van der Waals surface area contributed by atoms with Crippen LogP contribution < -0.4 is 15.0 Å². The number of rotatable bonds is 6. The number of carbonyl (C=O) groups is 1. The van der Waals surface area contributed by atoms with Crippen LogP contribution in [0.3, 0.4) is 0 Å². The first-order chi connectivity index (χ1) is 25.6. The number of carbonyl (C=O) groups excluding carboxylic acids is 1. The fourth-order valence-corrected chi connectivity index (χ4v) is 9.43. The van der Waals surface area contributed by atoms with E-state index in [2.05, 4.69) is 16.3 Å². The Kier molecular flexibility index (Phi) is 8.75. The van der Waals surface area contributed by atoms with E-state index >= 15 is 4.39 Å². The van der Waals surface area contributed by atoms with Crippen LogP contribution >= 0.6 is 11.3 Å². The molecule has 3 aliphatic rings. The van der Waals surface area contributed by atoms with Gasteiger partial charge in [0.2, 0.25) is 0 Å². The van der Waals surface area contributed by atoms with Crippen LogP contribution in [0.15, 0.2) is 12.1 Å². The molecule has 7 heterocycles. The van der Waals surface area contributed by atoms with Crippen LogP contribution in [0.5, 0.6) is 6.01 Å². The minimum absolute atomic E-state index is 0.0919. The second kappa shape index (κ2) is 13.0. The van der Waals surface area contributed by atoms with E-state index in [0.717, 1.165) is 30.7 Å². The molecule has 286 valence electrons. The predicted octanol–water partition coefficient (Wildman–Crippen LogP) is 5.64. The number of aromatic nitrogens is 5.